The Morgan fingerprint density at radius 1 is 1.04 bits per heavy atom. The second-order valence-electron chi connectivity index (χ2n) is 8.47. The van der Waals surface area contributed by atoms with E-state index in [0.717, 1.165) is 11.8 Å². The molecule has 4 nitrogen and oxygen atoms in total. The average molecular weight is 328 g/mol. The van der Waals surface area contributed by atoms with Crippen molar-refractivity contribution in [3.8, 4) is 0 Å². The molecule has 0 aliphatic heterocycles. The maximum Gasteiger partial charge on any atom is 0.269 e. The van der Waals surface area contributed by atoms with Gasteiger partial charge in [0.1, 0.15) is 0 Å². The molecule has 0 unspecified atom stereocenters. The minimum absolute atomic E-state index is 0.0594. The summed E-state index contributed by atoms with van der Waals surface area (Å²) < 4.78 is 0. The number of benzene rings is 1. The van der Waals surface area contributed by atoms with Gasteiger partial charge in [0.25, 0.3) is 5.91 Å². The molecular formula is C20H28N2O2. The van der Waals surface area contributed by atoms with Crippen LogP contribution in [0, 0.1) is 17.8 Å². The third-order valence-corrected chi connectivity index (χ3v) is 5.66. The summed E-state index contributed by atoms with van der Waals surface area (Å²) in [5, 5.41) is 0. The molecule has 0 heterocycles. The Morgan fingerprint density at radius 3 is 2.29 bits per heavy atom. The summed E-state index contributed by atoms with van der Waals surface area (Å²) in [4.78, 5) is 24.2. The van der Waals surface area contributed by atoms with Crippen molar-refractivity contribution >= 4 is 11.8 Å². The third kappa shape index (κ3) is 3.80. The number of carbonyl (C=O) groups excluding carboxylic acids is 2. The molecule has 3 rings (SSSR count). The topological polar surface area (TPSA) is 58.2 Å². The standard InChI is InChI=1S/C20H28N2O2/c1-20(2,3)17-8-6-14(7-9-17)19(24)22-21-18(23)12-16-11-13-4-5-15(16)10-13/h6-9,13,15-16H,4-5,10-12H2,1-3H3,(H,21,23)(H,22,24)/t13-,15-,16+/m0/s1. The molecule has 2 saturated carbocycles. The van der Waals surface area contributed by atoms with Gasteiger partial charge in [0.2, 0.25) is 5.91 Å². The van der Waals surface area contributed by atoms with E-state index in [-0.39, 0.29) is 17.2 Å². The van der Waals surface area contributed by atoms with Crippen LogP contribution in [0.25, 0.3) is 0 Å². The molecule has 2 aliphatic carbocycles. The molecule has 2 amide bonds. The summed E-state index contributed by atoms with van der Waals surface area (Å²) in [5.41, 5.74) is 6.91. The highest BCUT2D eigenvalue weighted by atomic mass is 16.2. The van der Waals surface area contributed by atoms with E-state index in [1.165, 1.54) is 31.2 Å². The van der Waals surface area contributed by atoms with E-state index >= 15 is 0 Å². The van der Waals surface area contributed by atoms with Gasteiger partial charge in [-0.1, -0.05) is 39.3 Å². The lowest BCUT2D eigenvalue weighted by atomic mass is 9.86. The number of hydrazine groups is 1. The lowest BCUT2D eigenvalue weighted by Gasteiger charge is -2.21. The van der Waals surface area contributed by atoms with Gasteiger partial charge >= 0.3 is 0 Å². The van der Waals surface area contributed by atoms with Crippen molar-refractivity contribution in [2.45, 2.75) is 58.3 Å². The molecule has 3 atom stereocenters. The highest BCUT2D eigenvalue weighted by Gasteiger charge is 2.40. The van der Waals surface area contributed by atoms with E-state index in [1.54, 1.807) is 12.1 Å². The molecule has 4 heteroatoms. The predicted octanol–water partition coefficient (Wildman–Crippen LogP) is 3.57. The van der Waals surface area contributed by atoms with Gasteiger partial charge in [0.05, 0.1) is 0 Å². The average Bonchev–Trinajstić information content (AvgIpc) is 3.14. The first-order valence-electron chi connectivity index (χ1n) is 9.02. The van der Waals surface area contributed by atoms with Gasteiger partial charge in [-0.05, 0) is 60.1 Å². The molecule has 0 spiro atoms. The van der Waals surface area contributed by atoms with Crippen LogP contribution >= 0.6 is 0 Å². The fourth-order valence-corrected chi connectivity index (χ4v) is 4.24. The van der Waals surface area contributed by atoms with Crippen LogP contribution in [0.5, 0.6) is 0 Å². The highest BCUT2D eigenvalue weighted by molar-refractivity contribution is 5.95. The molecule has 2 bridgehead atoms. The highest BCUT2D eigenvalue weighted by Crippen LogP contribution is 2.49. The maximum atomic E-state index is 12.1. The fourth-order valence-electron chi connectivity index (χ4n) is 4.24. The number of hydrogen-bond donors (Lipinski definition) is 2. The molecule has 0 aromatic heterocycles. The number of fused-ring (bicyclic) bond motifs is 2. The SMILES string of the molecule is CC(C)(C)c1ccc(C(=O)NNC(=O)C[C@H]2C[C@H]3CC[C@H]2C3)cc1. The Hall–Kier alpha value is -1.84. The van der Waals surface area contributed by atoms with Crippen LogP contribution in [0.15, 0.2) is 24.3 Å². The van der Waals surface area contributed by atoms with Gasteiger partial charge in [-0.15, -0.1) is 0 Å². The van der Waals surface area contributed by atoms with Crippen molar-refractivity contribution in [1.82, 2.24) is 10.9 Å². The van der Waals surface area contributed by atoms with E-state index in [4.69, 9.17) is 0 Å². The summed E-state index contributed by atoms with van der Waals surface area (Å²) in [7, 11) is 0. The van der Waals surface area contributed by atoms with Gasteiger partial charge < -0.3 is 0 Å². The normalized spacial score (nSPS) is 25.5. The van der Waals surface area contributed by atoms with E-state index in [0.29, 0.717) is 17.9 Å². The number of rotatable bonds is 3. The summed E-state index contributed by atoms with van der Waals surface area (Å²) >= 11 is 0. The molecule has 0 saturated heterocycles. The minimum atomic E-state index is -0.267. The lowest BCUT2D eigenvalue weighted by Crippen LogP contribution is -2.42. The van der Waals surface area contributed by atoms with Crippen molar-refractivity contribution in [2.24, 2.45) is 17.8 Å². The van der Waals surface area contributed by atoms with Crippen LogP contribution < -0.4 is 10.9 Å². The molecular weight excluding hydrogens is 300 g/mol. The molecule has 1 aromatic rings. The summed E-state index contributed by atoms with van der Waals surface area (Å²) in [6.45, 7) is 6.41. The van der Waals surface area contributed by atoms with Crippen LogP contribution in [0.1, 0.15) is 68.8 Å². The lowest BCUT2D eigenvalue weighted by molar-refractivity contribution is -0.123. The van der Waals surface area contributed by atoms with E-state index in [2.05, 4.69) is 31.6 Å². The van der Waals surface area contributed by atoms with Gasteiger partial charge in [-0.3, -0.25) is 20.4 Å². The number of carbonyl (C=O) groups is 2. The smallest absolute Gasteiger partial charge is 0.269 e. The Bertz CT molecular complexity index is 616. The first-order chi connectivity index (χ1) is 11.3. The Morgan fingerprint density at radius 2 is 1.75 bits per heavy atom. The van der Waals surface area contributed by atoms with E-state index < -0.39 is 0 Å². The molecule has 130 valence electrons. The Kier molecular flexibility index (Phi) is 4.66. The number of hydrogen-bond acceptors (Lipinski definition) is 2. The van der Waals surface area contributed by atoms with Gasteiger partial charge in [0, 0.05) is 12.0 Å². The van der Waals surface area contributed by atoms with Gasteiger partial charge in [-0.2, -0.15) is 0 Å². The van der Waals surface area contributed by atoms with Crippen molar-refractivity contribution in [3.63, 3.8) is 0 Å². The van der Waals surface area contributed by atoms with E-state index in [9.17, 15) is 9.59 Å². The maximum absolute atomic E-state index is 12.1. The van der Waals surface area contributed by atoms with Crippen molar-refractivity contribution < 1.29 is 9.59 Å². The zero-order chi connectivity index (χ0) is 17.3. The molecule has 1 aromatic carbocycles. The van der Waals surface area contributed by atoms with Crippen LogP contribution in [-0.4, -0.2) is 11.8 Å². The number of amides is 2. The third-order valence-electron chi connectivity index (χ3n) is 5.66. The monoisotopic (exact) mass is 328 g/mol. The van der Waals surface area contributed by atoms with Crippen LogP contribution in [-0.2, 0) is 10.2 Å². The first kappa shape index (κ1) is 17.0. The molecule has 2 aliphatic rings. The Labute approximate surface area is 144 Å². The first-order valence-corrected chi connectivity index (χ1v) is 9.02. The predicted molar refractivity (Wildman–Crippen MR) is 94.3 cm³/mol. The second kappa shape index (κ2) is 6.58. The molecule has 0 radical (unpaired) electrons. The largest absolute Gasteiger partial charge is 0.273 e. The zero-order valence-electron chi connectivity index (χ0n) is 14.9. The van der Waals surface area contributed by atoms with Gasteiger partial charge in [-0.25, -0.2) is 0 Å². The van der Waals surface area contributed by atoms with Crippen molar-refractivity contribution in [3.05, 3.63) is 35.4 Å². The summed E-state index contributed by atoms with van der Waals surface area (Å²) in [6.07, 6.45) is 5.62. The molecule has 24 heavy (non-hydrogen) atoms. The molecule has 2 N–H and O–H groups in total. The van der Waals surface area contributed by atoms with Crippen LogP contribution in [0.4, 0.5) is 0 Å². The second-order valence-corrected chi connectivity index (χ2v) is 8.47. The van der Waals surface area contributed by atoms with Crippen LogP contribution in [0.2, 0.25) is 0 Å². The minimum Gasteiger partial charge on any atom is -0.273 e. The summed E-state index contributed by atoms with van der Waals surface area (Å²) in [5.74, 6) is 1.72. The van der Waals surface area contributed by atoms with Crippen LogP contribution in [0.3, 0.4) is 0 Å². The summed E-state index contributed by atoms with van der Waals surface area (Å²) in [6, 6.07) is 7.54. The molecule has 2 fully saturated rings. The van der Waals surface area contributed by atoms with Crippen molar-refractivity contribution in [2.75, 3.05) is 0 Å². The van der Waals surface area contributed by atoms with Crippen molar-refractivity contribution in [1.29, 1.82) is 0 Å². The van der Waals surface area contributed by atoms with E-state index in [1.807, 2.05) is 12.1 Å². The zero-order valence-corrected chi connectivity index (χ0v) is 14.9. The van der Waals surface area contributed by atoms with Gasteiger partial charge in [0.15, 0.2) is 0 Å². The fraction of sp³-hybridized carbons (Fsp3) is 0.600. The number of nitrogens with one attached hydrogen (secondary N) is 2. The Balaban J connectivity index is 1.47. The quantitative estimate of drug-likeness (QED) is 0.833.